The minimum absolute atomic E-state index is 0.0198. The molecule has 21 heavy (non-hydrogen) atoms. The Bertz CT molecular complexity index is 708. The van der Waals surface area contributed by atoms with Gasteiger partial charge in [0.1, 0.15) is 0 Å². The number of hydrogen-bond acceptors (Lipinski definition) is 3. The van der Waals surface area contributed by atoms with E-state index in [-0.39, 0.29) is 26.3 Å². The Morgan fingerprint density at radius 1 is 1.29 bits per heavy atom. The molecule has 0 aromatic heterocycles. The van der Waals surface area contributed by atoms with Crippen LogP contribution in [0.1, 0.15) is 33.6 Å². The monoisotopic (exact) mass is 345 g/mol. The van der Waals surface area contributed by atoms with Crippen LogP contribution < -0.4 is 0 Å². The first-order chi connectivity index (χ1) is 9.53. The summed E-state index contributed by atoms with van der Waals surface area (Å²) in [7, 11) is -3.84. The summed E-state index contributed by atoms with van der Waals surface area (Å²) in [5, 5.41) is 9.87. The molecule has 0 saturated heterocycles. The molecule has 0 radical (unpaired) electrons. The maximum absolute atomic E-state index is 12.8. The summed E-state index contributed by atoms with van der Waals surface area (Å²) >= 11 is 11.9. The van der Waals surface area contributed by atoms with Crippen molar-refractivity contribution < 1.29 is 8.42 Å². The second-order valence-electron chi connectivity index (χ2n) is 6.66. The van der Waals surface area contributed by atoms with Gasteiger partial charge in [-0.25, -0.2) is 8.42 Å². The van der Waals surface area contributed by atoms with E-state index in [2.05, 4.69) is 20.8 Å². The van der Waals surface area contributed by atoms with Crippen LogP contribution in [0.5, 0.6) is 0 Å². The van der Waals surface area contributed by atoms with Gasteiger partial charge in [-0.15, -0.1) is 0 Å². The van der Waals surface area contributed by atoms with E-state index in [4.69, 9.17) is 23.2 Å². The molecule has 1 aliphatic rings. The molecule has 0 atom stereocenters. The number of rotatable bonds is 2. The third-order valence-electron chi connectivity index (χ3n) is 4.28. The molecule has 1 aromatic rings. The van der Waals surface area contributed by atoms with Crippen LogP contribution in [0, 0.1) is 22.7 Å². The van der Waals surface area contributed by atoms with E-state index in [1.54, 1.807) is 0 Å². The lowest BCUT2D eigenvalue weighted by Gasteiger charge is -2.48. The smallest absolute Gasteiger partial charge is 0.198 e. The first kappa shape index (κ1) is 16.6. The quantitative estimate of drug-likeness (QED) is 0.793. The summed E-state index contributed by atoms with van der Waals surface area (Å²) in [6.07, 6.45) is 0.663. The van der Waals surface area contributed by atoms with Gasteiger partial charge < -0.3 is 0 Å². The molecule has 0 bridgehead atoms. The van der Waals surface area contributed by atoms with Crippen molar-refractivity contribution in [2.24, 2.45) is 11.3 Å². The maximum atomic E-state index is 12.8. The van der Waals surface area contributed by atoms with Crippen molar-refractivity contribution in [1.82, 2.24) is 0 Å². The number of hydrogen-bond donors (Lipinski definition) is 0. The van der Waals surface area contributed by atoms with Crippen LogP contribution in [0.15, 0.2) is 23.1 Å². The fourth-order valence-corrected chi connectivity index (χ4v) is 5.26. The van der Waals surface area contributed by atoms with E-state index in [0.29, 0.717) is 12.8 Å². The minimum Gasteiger partial charge on any atom is -0.222 e. The van der Waals surface area contributed by atoms with Gasteiger partial charge in [0, 0.05) is 5.02 Å². The molecule has 0 spiro atoms. The fraction of sp³-hybridized carbons (Fsp3) is 0.533. The Hall–Kier alpha value is -0.760. The van der Waals surface area contributed by atoms with Crippen molar-refractivity contribution >= 4 is 33.0 Å². The van der Waals surface area contributed by atoms with Crippen LogP contribution in [-0.4, -0.2) is 13.2 Å². The first-order valence-electron chi connectivity index (χ1n) is 6.64. The van der Waals surface area contributed by atoms with Gasteiger partial charge >= 0.3 is 0 Å². The zero-order valence-corrected chi connectivity index (χ0v) is 14.5. The van der Waals surface area contributed by atoms with E-state index < -0.39 is 14.6 Å². The summed E-state index contributed by atoms with van der Waals surface area (Å²) in [4.78, 5) is -0.0504. The molecule has 0 heterocycles. The van der Waals surface area contributed by atoms with Gasteiger partial charge in [-0.1, -0.05) is 44.0 Å². The van der Waals surface area contributed by atoms with Crippen LogP contribution >= 0.6 is 23.2 Å². The summed E-state index contributed by atoms with van der Waals surface area (Å²) in [6.45, 7) is 6.16. The lowest BCUT2D eigenvalue weighted by atomic mass is 9.63. The number of sulfone groups is 1. The molecular formula is C15H17Cl2NO2S. The highest BCUT2D eigenvalue weighted by molar-refractivity contribution is 7.93. The van der Waals surface area contributed by atoms with Crippen molar-refractivity contribution in [3.8, 4) is 6.07 Å². The van der Waals surface area contributed by atoms with E-state index in [1.165, 1.54) is 18.2 Å². The highest BCUT2D eigenvalue weighted by atomic mass is 35.5. The Morgan fingerprint density at radius 2 is 1.86 bits per heavy atom. The van der Waals surface area contributed by atoms with Crippen molar-refractivity contribution in [2.75, 3.05) is 0 Å². The van der Waals surface area contributed by atoms with Crippen molar-refractivity contribution in [3.63, 3.8) is 0 Å². The largest absolute Gasteiger partial charge is 0.222 e. The van der Waals surface area contributed by atoms with Crippen molar-refractivity contribution in [2.45, 2.75) is 43.3 Å². The lowest BCUT2D eigenvalue weighted by molar-refractivity contribution is 0.117. The third kappa shape index (κ3) is 2.67. The van der Waals surface area contributed by atoms with Crippen LogP contribution in [0.2, 0.25) is 10.0 Å². The van der Waals surface area contributed by atoms with Gasteiger partial charge in [0.25, 0.3) is 0 Å². The fourth-order valence-electron chi connectivity index (χ4n) is 2.61. The number of nitrogens with zero attached hydrogens (tertiary/aromatic N) is 1. The van der Waals surface area contributed by atoms with E-state index in [1.807, 2.05) is 6.07 Å². The maximum Gasteiger partial charge on any atom is 0.198 e. The third-order valence-corrected chi connectivity index (χ3v) is 7.32. The van der Waals surface area contributed by atoms with Gasteiger partial charge in [-0.3, -0.25) is 0 Å². The molecule has 0 amide bonds. The van der Waals surface area contributed by atoms with E-state index >= 15 is 0 Å². The second-order valence-corrected chi connectivity index (χ2v) is 9.73. The Labute approximate surface area is 135 Å². The predicted octanol–water partition coefficient (Wildman–Crippen LogP) is 4.49. The summed E-state index contributed by atoms with van der Waals surface area (Å²) < 4.78 is 24.3. The van der Waals surface area contributed by atoms with Gasteiger partial charge in [-0.2, -0.15) is 5.26 Å². The van der Waals surface area contributed by atoms with Crippen LogP contribution in [-0.2, 0) is 9.84 Å². The van der Waals surface area contributed by atoms with E-state index in [9.17, 15) is 13.7 Å². The average molecular weight is 346 g/mol. The van der Waals surface area contributed by atoms with Crippen LogP contribution in [0.25, 0.3) is 0 Å². The first-order valence-corrected chi connectivity index (χ1v) is 8.88. The van der Waals surface area contributed by atoms with Gasteiger partial charge in [0.05, 0.1) is 16.0 Å². The number of benzene rings is 1. The standard InChI is InChI=1S/C15H17Cl2NO2S/c1-14(2,3)10-7-15(8-10,9-18)21(19,20)13-6-11(16)4-5-12(13)17/h4-6,10H,7-8H2,1-3H3. The molecule has 2 rings (SSSR count). The Morgan fingerprint density at radius 3 is 2.33 bits per heavy atom. The van der Waals surface area contributed by atoms with Gasteiger partial charge in [-0.05, 0) is 42.4 Å². The second kappa shape index (κ2) is 5.15. The van der Waals surface area contributed by atoms with Gasteiger partial charge in [0.2, 0.25) is 0 Å². The predicted molar refractivity (Wildman–Crippen MR) is 84.2 cm³/mol. The molecule has 1 aliphatic carbocycles. The molecular weight excluding hydrogens is 329 g/mol. The highest BCUT2D eigenvalue weighted by Crippen LogP contribution is 2.53. The minimum atomic E-state index is -3.84. The van der Waals surface area contributed by atoms with E-state index in [0.717, 1.165) is 0 Å². The zero-order chi connectivity index (χ0) is 16.1. The summed E-state index contributed by atoms with van der Waals surface area (Å²) in [6, 6.07) is 6.31. The highest BCUT2D eigenvalue weighted by Gasteiger charge is 2.58. The van der Waals surface area contributed by atoms with Crippen LogP contribution in [0.3, 0.4) is 0 Å². The molecule has 3 nitrogen and oxygen atoms in total. The van der Waals surface area contributed by atoms with Crippen LogP contribution in [0.4, 0.5) is 0 Å². The average Bonchev–Trinajstić information content (AvgIpc) is 2.29. The molecule has 0 unspecified atom stereocenters. The topological polar surface area (TPSA) is 57.9 Å². The summed E-state index contributed by atoms with van der Waals surface area (Å²) in [5.41, 5.74) is -0.0198. The Kier molecular flexibility index (Phi) is 4.08. The number of nitriles is 1. The molecule has 114 valence electrons. The van der Waals surface area contributed by atoms with Gasteiger partial charge in [0.15, 0.2) is 14.6 Å². The van der Waals surface area contributed by atoms with Crippen molar-refractivity contribution in [3.05, 3.63) is 28.2 Å². The normalized spacial score (nSPS) is 26.0. The zero-order valence-electron chi connectivity index (χ0n) is 12.2. The molecule has 1 fully saturated rings. The molecule has 1 saturated carbocycles. The number of halogens is 2. The molecule has 1 aromatic carbocycles. The van der Waals surface area contributed by atoms with Crippen molar-refractivity contribution in [1.29, 1.82) is 5.26 Å². The Balaban J connectivity index is 2.45. The molecule has 0 aliphatic heterocycles. The molecule has 6 heteroatoms. The SMILES string of the molecule is CC(C)(C)C1CC(C#N)(S(=O)(=O)c2cc(Cl)ccc2Cl)C1. The lowest BCUT2D eigenvalue weighted by Crippen LogP contribution is -2.52. The molecule has 0 N–H and O–H groups in total. The summed E-state index contributed by atoms with van der Waals surface area (Å²) in [5.74, 6) is 0.199.